The van der Waals surface area contributed by atoms with Crippen LogP contribution in [-0.2, 0) is 11.3 Å². The Morgan fingerprint density at radius 1 is 1.27 bits per heavy atom. The Hall–Kier alpha value is -1.97. The second-order valence-corrected chi connectivity index (χ2v) is 8.42. The van der Waals surface area contributed by atoms with Crippen molar-refractivity contribution in [2.24, 2.45) is 0 Å². The van der Waals surface area contributed by atoms with Gasteiger partial charge in [-0.25, -0.2) is 18.4 Å². The summed E-state index contributed by atoms with van der Waals surface area (Å²) in [4.78, 5) is 8.90. The molecule has 0 amide bonds. The molecular formula is C21H29F2N5O2. The van der Waals surface area contributed by atoms with Gasteiger partial charge in [0.2, 0.25) is 5.92 Å². The molecule has 2 aromatic heterocycles. The Labute approximate surface area is 174 Å². The van der Waals surface area contributed by atoms with Crippen molar-refractivity contribution in [2.75, 3.05) is 7.11 Å². The van der Waals surface area contributed by atoms with E-state index in [1.807, 2.05) is 16.8 Å². The molecule has 2 fully saturated rings. The summed E-state index contributed by atoms with van der Waals surface area (Å²) >= 11 is 0. The fourth-order valence-electron chi connectivity index (χ4n) is 4.57. The van der Waals surface area contributed by atoms with Gasteiger partial charge in [-0.15, -0.1) is 5.10 Å². The number of aromatic nitrogens is 4. The van der Waals surface area contributed by atoms with Gasteiger partial charge in [-0.3, -0.25) is 4.98 Å². The lowest BCUT2D eigenvalue weighted by molar-refractivity contribution is -0.0437. The number of methoxy groups -OCH3 is 1. The maximum atomic E-state index is 13.5. The van der Waals surface area contributed by atoms with Gasteiger partial charge >= 0.3 is 0 Å². The smallest absolute Gasteiger partial charge is 0.248 e. The van der Waals surface area contributed by atoms with Crippen molar-refractivity contribution in [3.8, 4) is 5.69 Å². The first kappa shape index (κ1) is 21.3. The number of nitrogens with zero attached hydrogens (tertiary/aromatic N) is 4. The van der Waals surface area contributed by atoms with Gasteiger partial charge in [0.1, 0.15) is 12.4 Å². The molecule has 9 heteroatoms. The van der Waals surface area contributed by atoms with Crippen LogP contribution < -0.4 is 5.32 Å². The second-order valence-electron chi connectivity index (χ2n) is 8.42. The third kappa shape index (κ3) is 4.84. The van der Waals surface area contributed by atoms with Crippen LogP contribution in [0, 0.1) is 0 Å². The predicted octanol–water partition coefficient (Wildman–Crippen LogP) is 2.97. The van der Waals surface area contributed by atoms with E-state index in [2.05, 4.69) is 15.4 Å². The summed E-state index contributed by atoms with van der Waals surface area (Å²) in [6.45, 7) is 0.313. The maximum Gasteiger partial charge on any atom is 0.248 e. The molecule has 7 nitrogen and oxygen atoms in total. The Morgan fingerprint density at radius 3 is 2.77 bits per heavy atom. The van der Waals surface area contributed by atoms with Crippen molar-refractivity contribution >= 4 is 0 Å². The van der Waals surface area contributed by atoms with Crippen LogP contribution in [-0.4, -0.2) is 56.1 Å². The van der Waals surface area contributed by atoms with Gasteiger partial charge in [0, 0.05) is 44.1 Å². The fourth-order valence-corrected chi connectivity index (χ4v) is 4.57. The first-order valence-corrected chi connectivity index (χ1v) is 10.6. The van der Waals surface area contributed by atoms with E-state index in [0.717, 1.165) is 17.9 Å². The van der Waals surface area contributed by atoms with Crippen LogP contribution in [0.2, 0.25) is 0 Å². The largest absolute Gasteiger partial charge is 0.392 e. The van der Waals surface area contributed by atoms with Gasteiger partial charge in [-0.05, 0) is 44.2 Å². The number of aliphatic hydroxyl groups excluding tert-OH is 1. The number of nitrogens with one attached hydrogen (secondary N) is 1. The molecule has 0 aliphatic heterocycles. The van der Waals surface area contributed by atoms with Crippen LogP contribution in [0.5, 0.6) is 0 Å². The molecule has 0 aromatic carbocycles. The zero-order chi connectivity index (χ0) is 21.1. The summed E-state index contributed by atoms with van der Waals surface area (Å²) < 4.78 is 34.0. The van der Waals surface area contributed by atoms with E-state index >= 15 is 0 Å². The number of pyridine rings is 1. The highest BCUT2D eigenvalue weighted by Gasteiger charge is 2.38. The van der Waals surface area contributed by atoms with Gasteiger partial charge in [-0.1, -0.05) is 0 Å². The van der Waals surface area contributed by atoms with Crippen molar-refractivity contribution in [2.45, 2.75) is 81.6 Å². The first-order chi connectivity index (χ1) is 14.4. The summed E-state index contributed by atoms with van der Waals surface area (Å²) in [5, 5.41) is 18.6. The molecule has 0 bridgehead atoms. The summed E-state index contributed by atoms with van der Waals surface area (Å²) in [6, 6.07) is 3.65. The van der Waals surface area contributed by atoms with Crippen molar-refractivity contribution < 1.29 is 18.6 Å². The first-order valence-electron chi connectivity index (χ1n) is 10.6. The van der Waals surface area contributed by atoms with Crippen LogP contribution in [0.25, 0.3) is 5.69 Å². The van der Waals surface area contributed by atoms with Gasteiger partial charge in [0.25, 0.3) is 0 Å². The molecule has 30 heavy (non-hydrogen) atoms. The maximum absolute atomic E-state index is 13.5. The van der Waals surface area contributed by atoms with Gasteiger partial charge < -0.3 is 15.2 Å². The summed E-state index contributed by atoms with van der Waals surface area (Å²) in [5.41, 5.74) is 0.826. The topological polar surface area (TPSA) is 85.1 Å². The van der Waals surface area contributed by atoms with E-state index in [-0.39, 0.29) is 30.8 Å². The van der Waals surface area contributed by atoms with Crippen molar-refractivity contribution in [1.82, 2.24) is 25.1 Å². The zero-order valence-corrected chi connectivity index (χ0v) is 17.2. The minimum Gasteiger partial charge on any atom is -0.392 e. The Kier molecular flexibility index (Phi) is 6.40. The molecule has 0 spiro atoms. The van der Waals surface area contributed by atoms with Crippen LogP contribution in [0.3, 0.4) is 0 Å². The second kappa shape index (κ2) is 9.03. The highest BCUT2D eigenvalue weighted by molar-refractivity contribution is 5.29. The zero-order valence-electron chi connectivity index (χ0n) is 17.2. The molecular weight excluding hydrogens is 392 g/mol. The fraction of sp³-hybridized carbons (Fsp3) is 0.667. The van der Waals surface area contributed by atoms with Gasteiger partial charge in [0.15, 0.2) is 5.82 Å². The molecule has 0 unspecified atom stereocenters. The Balaban J connectivity index is 1.51. The summed E-state index contributed by atoms with van der Waals surface area (Å²) in [7, 11) is 1.61. The highest BCUT2D eigenvalue weighted by atomic mass is 19.3. The number of hydrogen-bond donors (Lipinski definition) is 2. The quantitative estimate of drug-likeness (QED) is 0.746. The molecule has 2 heterocycles. The molecule has 4 rings (SSSR count). The minimum atomic E-state index is -2.55. The number of alkyl halides is 2. The van der Waals surface area contributed by atoms with Gasteiger partial charge in [-0.2, -0.15) is 0 Å². The Bertz CT molecular complexity index is 822. The van der Waals surface area contributed by atoms with Crippen LogP contribution >= 0.6 is 0 Å². The van der Waals surface area contributed by atoms with E-state index in [9.17, 15) is 13.9 Å². The summed E-state index contributed by atoms with van der Waals surface area (Å²) in [5.74, 6) is -1.04. The predicted molar refractivity (Wildman–Crippen MR) is 107 cm³/mol. The third-order valence-corrected chi connectivity index (χ3v) is 6.19. The van der Waals surface area contributed by atoms with Crippen LogP contribution in [0.4, 0.5) is 8.78 Å². The molecule has 2 aliphatic carbocycles. The lowest BCUT2D eigenvalue weighted by atomic mass is 9.82. The van der Waals surface area contributed by atoms with E-state index in [1.165, 1.54) is 0 Å². The van der Waals surface area contributed by atoms with Gasteiger partial charge in [0.05, 0.1) is 18.0 Å². The molecule has 164 valence electrons. The molecule has 0 saturated heterocycles. The highest BCUT2D eigenvalue weighted by Crippen LogP contribution is 2.36. The molecule has 2 aliphatic rings. The lowest BCUT2D eigenvalue weighted by Crippen LogP contribution is -2.50. The van der Waals surface area contributed by atoms with Crippen LogP contribution in [0.15, 0.2) is 24.5 Å². The summed E-state index contributed by atoms with van der Waals surface area (Å²) in [6.07, 6.45) is 5.74. The van der Waals surface area contributed by atoms with E-state index in [4.69, 9.17) is 9.72 Å². The molecule has 0 radical (unpaired) electrons. The van der Waals surface area contributed by atoms with E-state index < -0.39 is 12.0 Å². The standard InChI is InChI=1S/C21H29F2N5O2/c1-30-13-19-26-20(28(27-19)16-3-2-10-24-12-16)14-4-5-18(29)17(11-14)25-15-6-8-21(22,23)9-7-15/h2-3,10,12,14-15,17-18,25,29H,4-9,11,13H2,1H3/t14-,17+,18+/m0/s1. The number of ether oxygens (including phenoxy) is 1. The van der Waals surface area contributed by atoms with E-state index in [0.29, 0.717) is 38.1 Å². The number of rotatable bonds is 6. The van der Waals surface area contributed by atoms with E-state index in [1.54, 1.807) is 19.5 Å². The average Bonchev–Trinajstić information content (AvgIpc) is 3.16. The SMILES string of the molecule is COCc1nc([C@H]2CC[C@@H](O)[C@H](NC3CCC(F)(F)CC3)C2)n(-c2cccnc2)n1. The number of halogens is 2. The monoisotopic (exact) mass is 421 g/mol. The Morgan fingerprint density at radius 2 is 2.07 bits per heavy atom. The molecule has 3 atom stereocenters. The third-order valence-electron chi connectivity index (χ3n) is 6.19. The van der Waals surface area contributed by atoms with Crippen LogP contribution in [0.1, 0.15) is 62.5 Å². The normalized spacial score (nSPS) is 27.3. The molecule has 2 N–H and O–H groups in total. The molecule has 2 aromatic rings. The number of hydrogen-bond acceptors (Lipinski definition) is 6. The lowest BCUT2D eigenvalue weighted by Gasteiger charge is -2.38. The number of aliphatic hydroxyl groups is 1. The average molecular weight is 421 g/mol. The van der Waals surface area contributed by atoms with Crippen molar-refractivity contribution in [1.29, 1.82) is 0 Å². The van der Waals surface area contributed by atoms with Crippen molar-refractivity contribution in [3.05, 3.63) is 36.2 Å². The molecule has 2 saturated carbocycles. The minimum absolute atomic E-state index is 0.0169. The van der Waals surface area contributed by atoms with Crippen molar-refractivity contribution in [3.63, 3.8) is 0 Å².